The number of carbonyl (C=O) groups excluding carboxylic acids is 1. The molecule has 3 heterocycles. The molecule has 19 heteroatoms. The molecule has 48 heavy (non-hydrogen) atoms. The van der Waals surface area contributed by atoms with Gasteiger partial charge in [0.15, 0.2) is 18.4 Å². The highest BCUT2D eigenvalue weighted by Gasteiger charge is 2.58. The second-order valence-electron chi connectivity index (χ2n) is 13.5. The summed E-state index contributed by atoms with van der Waals surface area (Å²) in [5.74, 6) is -0.757. The highest BCUT2D eigenvalue weighted by molar-refractivity contribution is 5.91. The van der Waals surface area contributed by atoms with Crippen LogP contribution in [0.3, 0.4) is 0 Å². The van der Waals surface area contributed by atoms with Crippen LogP contribution in [-0.2, 0) is 33.2 Å². The van der Waals surface area contributed by atoms with Crippen LogP contribution in [-0.4, -0.2) is 167 Å². The second kappa shape index (κ2) is 15.4. The zero-order valence-electron chi connectivity index (χ0n) is 26.8. The maximum Gasteiger partial charge on any atom is 0.215 e. The van der Waals surface area contributed by atoms with Gasteiger partial charge in [-0.15, -0.1) is 0 Å². The number of aliphatic hydroxyl groups is 6. The van der Waals surface area contributed by atoms with Crippen LogP contribution >= 0.6 is 0 Å². The van der Waals surface area contributed by atoms with Crippen molar-refractivity contribution in [3.05, 3.63) is 11.8 Å². The number of hydrogen-bond acceptors (Lipinski definition) is 19. The molecule has 19 nitrogen and oxygen atoms in total. The fraction of sp³-hybridized carbons (Fsp3) is 0.897. The van der Waals surface area contributed by atoms with Gasteiger partial charge in [0.2, 0.25) is 6.29 Å². The summed E-state index contributed by atoms with van der Waals surface area (Å²) in [6, 6.07) is -3.40. The zero-order chi connectivity index (χ0) is 35.1. The molecule has 2 saturated heterocycles. The maximum atomic E-state index is 13.0. The number of Topliss-reactive ketones (excluding diaryl/α,β-unsaturated/α-hetero) is 1. The highest BCUT2D eigenvalue weighted by Crippen LogP contribution is 2.41. The summed E-state index contributed by atoms with van der Waals surface area (Å²) in [4.78, 5) is 13.0. The molecular formula is C29H52N6O13. The van der Waals surface area contributed by atoms with Gasteiger partial charge in [0.25, 0.3) is 0 Å². The van der Waals surface area contributed by atoms with Crippen molar-refractivity contribution in [3.8, 4) is 0 Å². The van der Waals surface area contributed by atoms with Gasteiger partial charge in [0, 0.05) is 31.5 Å². The van der Waals surface area contributed by atoms with Crippen LogP contribution in [0, 0.1) is 5.92 Å². The molecule has 0 aromatic carbocycles. The largest absolute Gasteiger partial charge is 0.467 e. The number of rotatable bonds is 13. The number of aliphatic hydroxyl groups excluding tert-OH is 5. The van der Waals surface area contributed by atoms with Crippen molar-refractivity contribution in [2.75, 3.05) is 26.7 Å². The molecule has 2 aliphatic carbocycles. The minimum absolute atomic E-state index is 0.0936. The van der Waals surface area contributed by atoms with E-state index in [9.17, 15) is 35.4 Å². The summed E-state index contributed by atoms with van der Waals surface area (Å²) in [7, 11) is 1.75. The molecule has 3 aliphatic heterocycles. The molecule has 0 aromatic heterocycles. The number of ether oxygens (including phenoxy) is 6. The van der Waals surface area contributed by atoms with E-state index >= 15 is 0 Å². The molecule has 0 aromatic rings. The normalized spacial score (nSPS) is 49.3. The Morgan fingerprint density at radius 3 is 2.19 bits per heavy atom. The first-order valence-corrected chi connectivity index (χ1v) is 16.3. The summed E-state index contributed by atoms with van der Waals surface area (Å²) in [5, 5.41) is 67.2. The van der Waals surface area contributed by atoms with Crippen molar-refractivity contribution < 1.29 is 63.9 Å². The third kappa shape index (κ3) is 7.58. The summed E-state index contributed by atoms with van der Waals surface area (Å²) < 4.78 is 35.7. The Morgan fingerprint density at radius 2 is 1.56 bits per heavy atom. The molecule has 5 aliphatic rings. The van der Waals surface area contributed by atoms with E-state index in [0.29, 0.717) is 18.7 Å². The number of nitrogens with one attached hydrogen (secondary N) is 1. The predicted octanol–water partition coefficient (Wildman–Crippen LogP) is -6.74. The third-order valence-corrected chi connectivity index (χ3v) is 9.97. The molecular weight excluding hydrogens is 640 g/mol. The molecule has 276 valence electrons. The standard InChI is InChI=1S/C29H52N6O13/c1-35-8-11-2-3-12(31)26(43-11)46-23-13(32)4-10(5-17(37)29(42)6-16(29)33)19(38)25(23)48-28-22(41)24(15(9-36)45-28)47-27-18(34)21(40)20(39)14(7-30)44-27/h2,10,12-16,18-28,35-36,38-42H,3-9,30-34H2,1H3/t10-,12+,13-,14-,15+,16?,18+,19-,20+,21+,22+,23+,24+,25+,26+,27+,28-,29?/m0/s1. The summed E-state index contributed by atoms with van der Waals surface area (Å²) in [5.41, 5.74) is 28.7. The van der Waals surface area contributed by atoms with Crippen LogP contribution in [0.2, 0.25) is 0 Å². The van der Waals surface area contributed by atoms with Crippen molar-refractivity contribution >= 4 is 5.78 Å². The van der Waals surface area contributed by atoms with Gasteiger partial charge in [-0.2, -0.15) is 0 Å². The number of carbonyl (C=O) groups is 1. The first-order valence-electron chi connectivity index (χ1n) is 16.3. The molecule has 0 bridgehead atoms. The van der Waals surface area contributed by atoms with Crippen molar-refractivity contribution in [3.63, 3.8) is 0 Å². The van der Waals surface area contributed by atoms with Crippen molar-refractivity contribution in [2.45, 2.75) is 129 Å². The van der Waals surface area contributed by atoms with Gasteiger partial charge in [-0.25, -0.2) is 0 Å². The quantitative estimate of drug-likeness (QED) is 0.0853. The monoisotopic (exact) mass is 692 g/mol. The summed E-state index contributed by atoms with van der Waals surface area (Å²) in [6.45, 7) is -0.412. The van der Waals surface area contributed by atoms with Gasteiger partial charge < -0.3 is 93.0 Å². The fourth-order valence-corrected chi connectivity index (χ4v) is 6.83. The number of likely N-dealkylation sites (N-methyl/N-ethyl adjacent to an activating group) is 1. The zero-order valence-corrected chi connectivity index (χ0v) is 26.8. The van der Waals surface area contributed by atoms with E-state index in [1.807, 2.05) is 6.08 Å². The smallest absolute Gasteiger partial charge is 0.215 e. The average Bonchev–Trinajstić information content (AvgIpc) is 3.58. The Kier molecular flexibility index (Phi) is 12.1. The van der Waals surface area contributed by atoms with Gasteiger partial charge in [-0.05, 0) is 31.9 Å². The van der Waals surface area contributed by atoms with E-state index in [2.05, 4.69) is 5.32 Å². The Balaban J connectivity index is 1.35. The van der Waals surface area contributed by atoms with Crippen LogP contribution in [0.5, 0.6) is 0 Å². The van der Waals surface area contributed by atoms with E-state index in [-0.39, 0.29) is 25.8 Å². The van der Waals surface area contributed by atoms with Gasteiger partial charge in [0.1, 0.15) is 60.2 Å². The minimum Gasteiger partial charge on any atom is -0.467 e. The van der Waals surface area contributed by atoms with Gasteiger partial charge in [0.05, 0.1) is 31.3 Å². The summed E-state index contributed by atoms with van der Waals surface area (Å²) >= 11 is 0. The average molecular weight is 693 g/mol. The molecule has 17 N–H and O–H groups in total. The highest BCUT2D eigenvalue weighted by atomic mass is 16.8. The molecule has 0 spiro atoms. The van der Waals surface area contributed by atoms with Crippen molar-refractivity contribution in [2.24, 2.45) is 34.6 Å². The molecule has 18 atom stereocenters. The number of hydrogen-bond donors (Lipinski definition) is 12. The first kappa shape index (κ1) is 37.8. The van der Waals surface area contributed by atoms with E-state index < -0.39 is 122 Å². The van der Waals surface area contributed by atoms with Gasteiger partial charge in [-0.3, -0.25) is 4.79 Å². The van der Waals surface area contributed by atoms with Gasteiger partial charge in [-0.1, -0.05) is 0 Å². The molecule has 2 saturated carbocycles. The Morgan fingerprint density at radius 1 is 0.917 bits per heavy atom. The first-order chi connectivity index (χ1) is 22.7. The van der Waals surface area contributed by atoms with Gasteiger partial charge >= 0.3 is 0 Å². The summed E-state index contributed by atoms with van der Waals surface area (Å²) in [6.07, 6.45) is -13.6. The minimum atomic E-state index is -1.68. The van der Waals surface area contributed by atoms with E-state index in [1.165, 1.54) is 0 Å². The Labute approximate surface area is 277 Å². The second-order valence-corrected chi connectivity index (χ2v) is 13.5. The van der Waals surface area contributed by atoms with Crippen LogP contribution in [0.4, 0.5) is 0 Å². The lowest BCUT2D eigenvalue weighted by Crippen LogP contribution is -2.64. The van der Waals surface area contributed by atoms with Crippen molar-refractivity contribution in [1.29, 1.82) is 0 Å². The Bertz CT molecular complexity index is 1140. The lowest BCUT2D eigenvalue weighted by Gasteiger charge is -2.46. The van der Waals surface area contributed by atoms with Crippen LogP contribution in [0.25, 0.3) is 0 Å². The van der Waals surface area contributed by atoms with Crippen LogP contribution in [0.1, 0.15) is 25.7 Å². The molecule has 0 radical (unpaired) electrons. The molecule has 0 amide bonds. The van der Waals surface area contributed by atoms with Crippen LogP contribution in [0.15, 0.2) is 11.8 Å². The number of nitrogens with two attached hydrogens (primary N) is 5. The lowest BCUT2D eigenvalue weighted by molar-refractivity contribution is -0.283. The lowest BCUT2D eigenvalue weighted by atomic mass is 9.76. The third-order valence-electron chi connectivity index (χ3n) is 9.97. The van der Waals surface area contributed by atoms with E-state index in [0.717, 1.165) is 0 Å². The Hall–Kier alpha value is -1.47. The molecule has 2 unspecified atom stereocenters. The van der Waals surface area contributed by atoms with Crippen molar-refractivity contribution in [1.82, 2.24) is 5.32 Å². The molecule has 5 rings (SSSR count). The SMILES string of the molecule is CNCC1=CC[C@@H](N)[C@@H](O[C@H]2[C@H](O[C@@H]3O[C@H](CO)[C@@H](O[C@H]4O[C@@H](CN)[C@@H](O)[C@H](O)[C@H]4N)[C@H]3O)[C@@H](O)[C@H](CC(=O)C3(O)CC3N)C[C@@H]2N)O1. The van der Waals surface area contributed by atoms with E-state index in [1.54, 1.807) is 7.05 Å². The maximum absolute atomic E-state index is 13.0. The predicted molar refractivity (Wildman–Crippen MR) is 163 cm³/mol. The fourth-order valence-electron chi connectivity index (χ4n) is 6.83. The van der Waals surface area contributed by atoms with E-state index in [4.69, 9.17) is 57.1 Å². The topological polar surface area (TPSA) is 336 Å². The number of ketones is 1. The van der Waals surface area contributed by atoms with Crippen LogP contribution < -0.4 is 34.0 Å². The molecule has 4 fully saturated rings.